The molecular formula is C23H21NO. The minimum Gasteiger partial charge on any atom is -0.388 e. The normalized spacial score (nSPS) is 11.7. The lowest BCUT2D eigenvalue weighted by Crippen LogP contribution is -1.96. The summed E-state index contributed by atoms with van der Waals surface area (Å²) >= 11 is 0. The van der Waals surface area contributed by atoms with Gasteiger partial charge in [-0.2, -0.15) is 5.26 Å². The van der Waals surface area contributed by atoms with Crippen LogP contribution in [0.5, 0.6) is 0 Å². The molecule has 124 valence electrons. The first kappa shape index (κ1) is 17.0. The van der Waals surface area contributed by atoms with E-state index in [1.807, 2.05) is 36.4 Å². The van der Waals surface area contributed by atoms with Crippen LogP contribution in [0.3, 0.4) is 0 Å². The van der Waals surface area contributed by atoms with Gasteiger partial charge in [-0.05, 0) is 46.4 Å². The summed E-state index contributed by atoms with van der Waals surface area (Å²) in [4.78, 5) is 0. The Morgan fingerprint density at radius 3 is 1.56 bits per heavy atom. The molecule has 1 unspecified atom stereocenters. The van der Waals surface area contributed by atoms with Gasteiger partial charge in [-0.15, -0.1) is 0 Å². The molecule has 0 aliphatic heterocycles. The quantitative estimate of drug-likeness (QED) is 0.650. The van der Waals surface area contributed by atoms with Crippen molar-refractivity contribution in [1.29, 1.82) is 5.26 Å². The van der Waals surface area contributed by atoms with E-state index in [1.165, 1.54) is 0 Å². The van der Waals surface area contributed by atoms with Gasteiger partial charge in [0.1, 0.15) is 0 Å². The highest BCUT2D eigenvalue weighted by atomic mass is 16.3. The van der Waals surface area contributed by atoms with Crippen molar-refractivity contribution in [2.45, 2.75) is 25.9 Å². The fourth-order valence-corrected chi connectivity index (χ4v) is 2.93. The molecule has 0 bridgehead atoms. The van der Waals surface area contributed by atoms with Gasteiger partial charge in [0.15, 0.2) is 0 Å². The first-order valence-corrected chi connectivity index (χ1v) is 8.60. The molecule has 25 heavy (non-hydrogen) atoms. The van der Waals surface area contributed by atoms with Gasteiger partial charge in [0.2, 0.25) is 0 Å². The summed E-state index contributed by atoms with van der Waals surface area (Å²) in [5, 5.41) is 18.9. The van der Waals surface area contributed by atoms with Crippen molar-refractivity contribution in [3.05, 3.63) is 83.9 Å². The van der Waals surface area contributed by atoms with Crippen molar-refractivity contribution in [2.75, 3.05) is 0 Å². The first-order chi connectivity index (χ1) is 12.2. The van der Waals surface area contributed by atoms with Crippen molar-refractivity contribution >= 4 is 0 Å². The summed E-state index contributed by atoms with van der Waals surface area (Å²) in [7, 11) is 0. The average molecular weight is 327 g/mol. The van der Waals surface area contributed by atoms with Crippen LogP contribution in [0, 0.1) is 11.3 Å². The summed E-state index contributed by atoms with van der Waals surface area (Å²) in [5.74, 6) is 0. The summed E-state index contributed by atoms with van der Waals surface area (Å²) in [6.45, 7) is 2.08. The lowest BCUT2D eigenvalue weighted by atomic mass is 9.98. The largest absolute Gasteiger partial charge is 0.388 e. The Kier molecular flexibility index (Phi) is 5.28. The van der Waals surface area contributed by atoms with E-state index in [9.17, 15) is 5.11 Å². The van der Waals surface area contributed by atoms with E-state index in [0.717, 1.165) is 40.7 Å². The molecular weight excluding hydrogens is 306 g/mol. The molecule has 2 nitrogen and oxygen atoms in total. The first-order valence-electron chi connectivity index (χ1n) is 8.60. The van der Waals surface area contributed by atoms with E-state index < -0.39 is 0 Å². The van der Waals surface area contributed by atoms with Gasteiger partial charge >= 0.3 is 0 Å². The van der Waals surface area contributed by atoms with Crippen LogP contribution in [0.25, 0.3) is 22.3 Å². The molecule has 0 aliphatic carbocycles. The summed E-state index contributed by atoms with van der Waals surface area (Å²) in [6, 6.07) is 26.3. The minimum atomic E-state index is -0.377. The van der Waals surface area contributed by atoms with E-state index in [1.54, 1.807) is 0 Å². The highest BCUT2D eigenvalue weighted by molar-refractivity contribution is 5.70. The van der Waals surface area contributed by atoms with E-state index >= 15 is 0 Å². The molecule has 0 spiro atoms. The Hall–Kier alpha value is -2.89. The summed E-state index contributed by atoms with van der Waals surface area (Å²) < 4.78 is 0. The molecule has 0 saturated carbocycles. The summed E-state index contributed by atoms with van der Waals surface area (Å²) in [5.41, 5.74) is 6.16. The molecule has 0 aromatic heterocycles. The molecule has 3 aromatic rings. The predicted octanol–water partition coefficient (Wildman–Crippen LogP) is 5.73. The van der Waals surface area contributed by atoms with E-state index in [0.29, 0.717) is 5.56 Å². The number of hydrogen-bond acceptors (Lipinski definition) is 2. The van der Waals surface area contributed by atoms with Crippen LogP contribution in [-0.2, 0) is 0 Å². The van der Waals surface area contributed by atoms with Crippen LogP contribution in [0.15, 0.2) is 72.8 Å². The van der Waals surface area contributed by atoms with Gasteiger partial charge in [-0.25, -0.2) is 0 Å². The Labute approximate surface area is 149 Å². The average Bonchev–Trinajstić information content (AvgIpc) is 2.68. The zero-order valence-corrected chi connectivity index (χ0v) is 14.3. The highest BCUT2D eigenvalue weighted by Gasteiger charge is 2.06. The molecule has 0 saturated heterocycles. The molecule has 2 heteroatoms. The van der Waals surface area contributed by atoms with Gasteiger partial charge in [0.25, 0.3) is 0 Å². The lowest BCUT2D eigenvalue weighted by Gasteiger charge is -2.11. The third-order valence-corrected chi connectivity index (χ3v) is 4.42. The van der Waals surface area contributed by atoms with Crippen LogP contribution < -0.4 is 0 Å². The number of nitriles is 1. The number of hydrogen-bond donors (Lipinski definition) is 1. The molecule has 1 atom stereocenters. The topological polar surface area (TPSA) is 44.0 Å². The second-order valence-corrected chi connectivity index (χ2v) is 6.19. The maximum atomic E-state index is 10.1. The SMILES string of the molecule is CCCC(O)c1ccc(-c2ccc(-c3ccc(C#N)cc3)cc2)cc1. The number of aliphatic hydroxyl groups excluding tert-OH is 1. The van der Waals surface area contributed by atoms with Gasteiger partial charge in [-0.3, -0.25) is 0 Å². The van der Waals surface area contributed by atoms with E-state index in [4.69, 9.17) is 5.26 Å². The molecule has 0 radical (unpaired) electrons. The van der Waals surface area contributed by atoms with Crippen LogP contribution in [0.4, 0.5) is 0 Å². The lowest BCUT2D eigenvalue weighted by molar-refractivity contribution is 0.166. The summed E-state index contributed by atoms with van der Waals surface area (Å²) in [6.07, 6.45) is 1.39. The molecule has 1 N–H and O–H groups in total. The molecule has 0 fully saturated rings. The zero-order chi connectivity index (χ0) is 17.6. The van der Waals surface area contributed by atoms with Crippen LogP contribution in [0.1, 0.15) is 37.0 Å². The second-order valence-electron chi connectivity index (χ2n) is 6.19. The predicted molar refractivity (Wildman–Crippen MR) is 102 cm³/mol. The second kappa shape index (κ2) is 7.79. The molecule has 0 heterocycles. The molecule has 3 aromatic carbocycles. The third-order valence-electron chi connectivity index (χ3n) is 4.42. The van der Waals surface area contributed by atoms with Crippen molar-refractivity contribution in [3.8, 4) is 28.3 Å². The number of rotatable bonds is 5. The van der Waals surface area contributed by atoms with Crippen LogP contribution >= 0.6 is 0 Å². The van der Waals surface area contributed by atoms with Gasteiger partial charge in [0, 0.05) is 0 Å². The standard InChI is InChI=1S/C23H21NO/c1-2-3-23(25)22-14-12-21(13-15-22)20-10-8-19(9-11-20)18-6-4-17(16-24)5-7-18/h4-15,23,25H,2-3H2,1H3. The molecule has 0 aliphatic rings. The number of nitrogens with zero attached hydrogens (tertiary/aromatic N) is 1. The van der Waals surface area contributed by atoms with E-state index in [2.05, 4.69) is 49.4 Å². The fourth-order valence-electron chi connectivity index (χ4n) is 2.93. The Morgan fingerprint density at radius 2 is 1.16 bits per heavy atom. The maximum Gasteiger partial charge on any atom is 0.0991 e. The number of benzene rings is 3. The molecule has 3 rings (SSSR count). The monoisotopic (exact) mass is 327 g/mol. The van der Waals surface area contributed by atoms with Crippen LogP contribution in [-0.4, -0.2) is 5.11 Å². The van der Waals surface area contributed by atoms with Gasteiger partial charge < -0.3 is 5.11 Å². The Morgan fingerprint density at radius 1 is 0.760 bits per heavy atom. The van der Waals surface area contributed by atoms with Crippen molar-refractivity contribution in [3.63, 3.8) is 0 Å². The smallest absolute Gasteiger partial charge is 0.0991 e. The maximum absolute atomic E-state index is 10.1. The Balaban J connectivity index is 1.78. The van der Waals surface area contributed by atoms with Crippen molar-refractivity contribution < 1.29 is 5.11 Å². The van der Waals surface area contributed by atoms with Crippen molar-refractivity contribution in [1.82, 2.24) is 0 Å². The highest BCUT2D eigenvalue weighted by Crippen LogP contribution is 2.27. The number of aliphatic hydroxyl groups is 1. The van der Waals surface area contributed by atoms with Gasteiger partial charge in [-0.1, -0.05) is 74.0 Å². The zero-order valence-electron chi connectivity index (χ0n) is 14.3. The Bertz CT molecular complexity index is 856. The third kappa shape index (κ3) is 3.96. The van der Waals surface area contributed by atoms with Crippen molar-refractivity contribution in [2.24, 2.45) is 0 Å². The molecule has 0 amide bonds. The van der Waals surface area contributed by atoms with Crippen LogP contribution in [0.2, 0.25) is 0 Å². The van der Waals surface area contributed by atoms with Gasteiger partial charge in [0.05, 0.1) is 17.7 Å². The van der Waals surface area contributed by atoms with E-state index in [-0.39, 0.29) is 6.10 Å². The fraction of sp³-hybridized carbons (Fsp3) is 0.174. The minimum absolute atomic E-state index is 0.377.